The number of hydrogen-bond acceptors (Lipinski definition) is 4. The molecule has 0 radical (unpaired) electrons. The van der Waals surface area contributed by atoms with Crippen LogP contribution in [0.4, 0.5) is 5.69 Å². The van der Waals surface area contributed by atoms with Gasteiger partial charge in [-0.15, -0.1) is 0 Å². The molecule has 1 aromatic carbocycles. The lowest BCUT2D eigenvalue weighted by atomic mass is 9.92. The summed E-state index contributed by atoms with van der Waals surface area (Å²) >= 11 is 5.82. The number of likely N-dealkylation sites (tertiary alicyclic amines) is 2. The fraction of sp³-hybridized carbons (Fsp3) is 0.579. The molecule has 2 amide bonds. The lowest BCUT2D eigenvalue weighted by molar-refractivity contribution is -0.385. The highest BCUT2D eigenvalue weighted by molar-refractivity contribution is 6.31. The SMILES string of the molecule is CC1CCN(C(=O)C2CCN(C(=O)c3ccc(Cl)cc3[N+](=O)[O-])CC2)CC1. The summed E-state index contributed by atoms with van der Waals surface area (Å²) in [7, 11) is 0. The van der Waals surface area contributed by atoms with Crippen molar-refractivity contribution in [1.29, 1.82) is 0 Å². The first-order valence-corrected chi connectivity index (χ1v) is 9.76. The van der Waals surface area contributed by atoms with Crippen LogP contribution in [-0.4, -0.2) is 52.7 Å². The summed E-state index contributed by atoms with van der Waals surface area (Å²) in [6.45, 7) is 4.70. The van der Waals surface area contributed by atoms with Crippen molar-refractivity contribution in [3.05, 3.63) is 38.9 Å². The lowest BCUT2D eigenvalue weighted by Gasteiger charge is -2.36. The van der Waals surface area contributed by atoms with Crippen molar-refractivity contribution < 1.29 is 14.5 Å². The van der Waals surface area contributed by atoms with E-state index in [1.165, 1.54) is 18.2 Å². The van der Waals surface area contributed by atoms with Gasteiger partial charge in [0.2, 0.25) is 5.91 Å². The summed E-state index contributed by atoms with van der Waals surface area (Å²) in [5.74, 6) is 0.411. The number of carbonyl (C=O) groups excluding carboxylic acids is 2. The topological polar surface area (TPSA) is 83.8 Å². The minimum absolute atomic E-state index is 0.0409. The fourth-order valence-corrected chi connectivity index (χ4v) is 3.99. The summed E-state index contributed by atoms with van der Waals surface area (Å²) in [6, 6.07) is 4.08. The van der Waals surface area contributed by atoms with E-state index in [4.69, 9.17) is 11.6 Å². The van der Waals surface area contributed by atoms with Crippen molar-refractivity contribution in [2.24, 2.45) is 11.8 Å². The summed E-state index contributed by atoms with van der Waals surface area (Å²) in [5, 5.41) is 11.4. The van der Waals surface area contributed by atoms with Gasteiger partial charge in [-0.1, -0.05) is 18.5 Å². The largest absolute Gasteiger partial charge is 0.342 e. The number of nitrogens with zero attached hydrogens (tertiary/aromatic N) is 3. The van der Waals surface area contributed by atoms with Crippen LogP contribution in [-0.2, 0) is 4.79 Å². The van der Waals surface area contributed by atoms with Crippen LogP contribution in [0, 0.1) is 22.0 Å². The molecule has 3 rings (SSSR count). The fourth-order valence-electron chi connectivity index (χ4n) is 3.82. The van der Waals surface area contributed by atoms with Crippen molar-refractivity contribution in [2.75, 3.05) is 26.2 Å². The summed E-state index contributed by atoms with van der Waals surface area (Å²) < 4.78 is 0. The highest BCUT2D eigenvalue weighted by Crippen LogP contribution is 2.28. The molecule has 8 heteroatoms. The first-order valence-electron chi connectivity index (χ1n) is 9.39. The van der Waals surface area contributed by atoms with E-state index in [0.29, 0.717) is 31.8 Å². The molecule has 0 unspecified atom stereocenters. The van der Waals surface area contributed by atoms with E-state index in [9.17, 15) is 19.7 Å². The van der Waals surface area contributed by atoms with Crippen molar-refractivity contribution in [2.45, 2.75) is 32.6 Å². The van der Waals surface area contributed by atoms with Crippen LogP contribution in [0.5, 0.6) is 0 Å². The predicted octanol–water partition coefficient (Wildman–Crippen LogP) is 3.36. The van der Waals surface area contributed by atoms with E-state index in [2.05, 4.69) is 6.92 Å². The van der Waals surface area contributed by atoms with Gasteiger partial charge in [0.15, 0.2) is 0 Å². The van der Waals surface area contributed by atoms with Gasteiger partial charge < -0.3 is 9.80 Å². The Balaban J connectivity index is 1.61. The molecular weight excluding hydrogens is 370 g/mol. The maximum absolute atomic E-state index is 12.7. The number of nitro groups is 1. The van der Waals surface area contributed by atoms with E-state index < -0.39 is 4.92 Å². The molecular formula is C19H24ClN3O4. The Kier molecular flexibility index (Phi) is 5.99. The zero-order valence-corrected chi connectivity index (χ0v) is 16.2. The average Bonchev–Trinajstić information content (AvgIpc) is 2.67. The Hall–Kier alpha value is -2.15. The van der Waals surface area contributed by atoms with Gasteiger partial charge in [0.05, 0.1) is 4.92 Å². The van der Waals surface area contributed by atoms with Crippen molar-refractivity contribution in [3.63, 3.8) is 0 Å². The van der Waals surface area contributed by atoms with Crippen LogP contribution in [0.15, 0.2) is 18.2 Å². The van der Waals surface area contributed by atoms with Crippen LogP contribution in [0.25, 0.3) is 0 Å². The van der Waals surface area contributed by atoms with Crippen LogP contribution < -0.4 is 0 Å². The van der Waals surface area contributed by atoms with E-state index in [1.807, 2.05) is 4.90 Å². The average molecular weight is 394 g/mol. The van der Waals surface area contributed by atoms with E-state index in [1.54, 1.807) is 4.90 Å². The molecule has 0 aromatic heterocycles. The number of carbonyl (C=O) groups is 2. The summed E-state index contributed by atoms with van der Waals surface area (Å²) in [5.41, 5.74) is -0.243. The molecule has 1 aromatic rings. The molecule has 0 atom stereocenters. The Morgan fingerprint density at radius 1 is 1.07 bits per heavy atom. The van der Waals surface area contributed by atoms with Gasteiger partial charge in [-0.3, -0.25) is 19.7 Å². The van der Waals surface area contributed by atoms with Gasteiger partial charge in [-0.05, 0) is 43.7 Å². The van der Waals surface area contributed by atoms with Gasteiger partial charge >= 0.3 is 0 Å². The number of amides is 2. The Morgan fingerprint density at radius 2 is 1.67 bits per heavy atom. The van der Waals surface area contributed by atoms with Gasteiger partial charge in [0, 0.05) is 43.2 Å². The highest BCUT2D eigenvalue weighted by Gasteiger charge is 2.33. The van der Waals surface area contributed by atoms with Crippen LogP contribution >= 0.6 is 11.6 Å². The Morgan fingerprint density at radius 3 is 2.26 bits per heavy atom. The maximum atomic E-state index is 12.7. The van der Waals surface area contributed by atoms with Crippen molar-refractivity contribution in [3.8, 4) is 0 Å². The first-order chi connectivity index (χ1) is 12.9. The van der Waals surface area contributed by atoms with Gasteiger partial charge in [-0.25, -0.2) is 0 Å². The molecule has 0 aliphatic carbocycles. The number of halogens is 1. The second-order valence-electron chi connectivity index (χ2n) is 7.49. The molecule has 7 nitrogen and oxygen atoms in total. The number of benzene rings is 1. The van der Waals surface area contributed by atoms with E-state index in [0.717, 1.165) is 25.9 Å². The van der Waals surface area contributed by atoms with E-state index >= 15 is 0 Å². The number of hydrogen-bond donors (Lipinski definition) is 0. The minimum atomic E-state index is -0.591. The third-order valence-electron chi connectivity index (χ3n) is 5.61. The zero-order valence-electron chi connectivity index (χ0n) is 15.4. The maximum Gasteiger partial charge on any atom is 0.283 e. The summed E-state index contributed by atoms with van der Waals surface area (Å²) in [4.78, 5) is 39.6. The minimum Gasteiger partial charge on any atom is -0.342 e. The van der Waals surface area contributed by atoms with Gasteiger partial charge in [0.25, 0.3) is 11.6 Å². The molecule has 0 bridgehead atoms. The summed E-state index contributed by atoms with van der Waals surface area (Å²) in [6.07, 6.45) is 3.28. The quantitative estimate of drug-likeness (QED) is 0.582. The smallest absolute Gasteiger partial charge is 0.283 e. The third-order valence-corrected chi connectivity index (χ3v) is 5.85. The molecule has 2 aliphatic heterocycles. The van der Waals surface area contributed by atoms with E-state index in [-0.39, 0.29) is 34.0 Å². The first kappa shape index (κ1) is 19.6. The molecule has 2 aliphatic rings. The van der Waals surface area contributed by atoms with Crippen LogP contribution in [0.3, 0.4) is 0 Å². The standard InChI is InChI=1S/C19H24ClN3O4/c1-13-4-8-21(9-5-13)18(24)14-6-10-22(11-7-14)19(25)16-3-2-15(20)12-17(16)23(26)27/h2-3,12-14H,4-11H2,1H3. The molecule has 2 fully saturated rings. The monoisotopic (exact) mass is 393 g/mol. The second kappa shape index (κ2) is 8.25. The number of piperidine rings is 2. The predicted molar refractivity (Wildman–Crippen MR) is 102 cm³/mol. The molecule has 0 N–H and O–H groups in total. The molecule has 0 spiro atoms. The van der Waals surface area contributed by atoms with Gasteiger partial charge in [-0.2, -0.15) is 0 Å². The lowest BCUT2D eigenvalue weighted by Crippen LogP contribution is -2.46. The second-order valence-corrected chi connectivity index (χ2v) is 7.93. The molecule has 0 saturated carbocycles. The number of rotatable bonds is 3. The van der Waals surface area contributed by atoms with Gasteiger partial charge in [0.1, 0.15) is 5.56 Å². The highest BCUT2D eigenvalue weighted by atomic mass is 35.5. The molecule has 2 heterocycles. The molecule has 27 heavy (non-hydrogen) atoms. The number of nitro benzene ring substituents is 1. The van der Waals surface area contributed by atoms with Crippen LogP contribution in [0.2, 0.25) is 5.02 Å². The van der Waals surface area contributed by atoms with Crippen LogP contribution in [0.1, 0.15) is 43.0 Å². The third kappa shape index (κ3) is 4.40. The normalized spacial score (nSPS) is 19.2. The van der Waals surface area contributed by atoms with Crippen molar-refractivity contribution in [1.82, 2.24) is 9.80 Å². The molecule has 2 saturated heterocycles. The zero-order chi connectivity index (χ0) is 19.6. The molecule has 146 valence electrons. The Bertz CT molecular complexity index is 738. The Labute approximate surface area is 163 Å². The van der Waals surface area contributed by atoms with Crippen molar-refractivity contribution >= 4 is 29.1 Å².